The number of aromatic nitrogens is 1. The van der Waals surface area contributed by atoms with Crippen LogP contribution in [0.25, 0.3) is 60.3 Å². The van der Waals surface area contributed by atoms with Gasteiger partial charge in [-0.3, -0.25) is 0 Å². The Morgan fingerprint density at radius 3 is 1.46 bits per heavy atom. The number of rotatable bonds is 8. The molecule has 12 aromatic rings. The van der Waals surface area contributed by atoms with Crippen LogP contribution in [0.15, 0.2) is 224 Å². The molecular weight excluding hydrogens is 945 g/mol. The number of para-hydroxylation sites is 4. The molecule has 2 heterocycles. The van der Waals surface area contributed by atoms with E-state index in [1.165, 1.54) is 24.3 Å². The molecule has 5 nitrogen and oxygen atoms in total. The lowest BCUT2D eigenvalue weighted by molar-refractivity contribution is -0.275. The molecule has 0 saturated carbocycles. The molecule has 2 aliphatic rings. The highest BCUT2D eigenvalue weighted by atomic mass is 19.4. The molecule has 11 heteroatoms. The van der Waals surface area contributed by atoms with Crippen LogP contribution >= 0.6 is 0 Å². The minimum absolute atomic E-state index is 0.329. The van der Waals surface area contributed by atoms with Crippen molar-refractivity contribution >= 4 is 72.2 Å². The highest BCUT2D eigenvalue weighted by Gasteiger charge is 2.53. The van der Waals surface area contributed by atoms with Crippen LogP contribution in [0, 0.1) is 0 Å². The smallest absolute Gasteiger partial charge is 0.406 e. The van der Waals surface area contributed by atoms with Gasteiger partial charge in [-0.05, 0) is 136 Å². The summed E-state index contributed by atoms with van der Waals surface area (Å²) in [7, 11) is 0. The fraction of sp³-hybridized carbons (Fsp3) is 0.0476. The van der Waals surface area contributed by atoms with Crippen molar-refractivity contribution in [3.63, 3.8) is 0 Å². The van der Waals surface area contributed by atoms with Crippen LogP contribution in [0.2, 0.25) is 0 Å². The standard InChI is InChI=1S/C63H37F6N3O2/c64-62(65,66)73-43-31-26-40(27-32-43)70(38-14-3-1-4-15-38)42-30-35-49-53(36-42)61(51-23-10-7-18-45(51)46-19-8-11-24-52(46)61)54-37-56(71(39-16-5-2-6-17-39)41-28-33-44(34-29-41)74-63(67,68)69)58-50-22-13-21-48-47-20-9-12-25-55(47)72(59(48)50)60(58)57(49)54/h1-37H. The van der Waals surface area contributed by atoms with E-state index in [0.717, 1.165) is 105 Å². The van der Waals surface area contributed by atoms with Crippen LogP contribution in [0.5, 0.6) is 11.5 Å². The van der Waals surface area contributed by atoms with Crippen LogP contribution in [0.4, 0.5) is 60.5 Å². The number of nitrogens with zero attached hydrogens (tertiary/aromatic N) is 3. The van der Waals surface area contributed by atoms with Crippen molar-refractivity contribution in [3.05, 3.63) is 247 Å². The lowest BCUT2D eigenvalue weighted by atomic mass is 9.70. The summed E-state index contributed by atoms with van der Waals surface area (Å²) in [5.41, 5.74) is 14.8. The lowest BCUT2D eigenvalue weighted by Gasteiger charge is -2.33. The number of fused-ring (bicyclic) bond motifs is 17. The summed E-state index contributed by atoms with van der Waals surface area (Å²) in [5.74, 6) is -0.663. The predicted molar refractivity (Wildman–Crippen MR) is 280 cm³/mol. The third-order valence-corrected chi connectivity index (χ3v) is 14.7. The van der Waals surface area contributed by atoms with E-state index < -0.39 is 18.1 Å². The van der Waals surface area contributed by atoms with E-state index >= 15 is 0 Å². The van der Waals surface area contributed by atoms with Gasteiger partial charge in [0.25, 0.3) is 0 Å². The molecule has 0 N–H and O–H groups in total. The summed E-state index contributed by atoms with van der Waals surface area (Å²) in [5, 5.41) is 4.13. The Hall–Kier alpha value is -9.22. The first kappa shape index (κ1) is 43.6. The minimum atomic E-state index is -4.87. The second-order valence-corrected chi connectivity index (χ2v) is 18.6. The molecule has 0 fully saturated rings. The van der Waals surface area contributed by atoms with E-state index in [-0.39, 0.29) is 11.5 Å². The van der Waals surface area contributed by atoms with Crippen molar-refractivity contribution in [1.82, 2.24) is 4.40 Å². The number of halogens is 6. The first-order valence-electron chi connectivity index (χ1n) is 24.0. The van der Waals surface area contributed by atoms with Crippen LogP contribution in [0.1, 0.15) is 22.3 Å². The molecule has 0 radical (unpaired) electrons. The average Bonchev–Trinajstić information content (AvgIpc) is 4.29. The third kappa shape index (κ3) is 6.45. The number of alkyl halides is 6. The summed E-state index contributed by atoms with van der Waals surface area (Å²) in [6, 6.07) is 72.1. The molecule has 14 rings (SSSR count). The van der Waals surface area contributed by atoms with Gasteiger partial charge in [-0.25, -0.2) is 0 Å². The fourth-order valence-corrected chi connectivity index (χ4v) is 12.1. The van der Waals surface area contributed by atoms with Gasteiger partial charge in [-0.2, -0.15) is 0 Å². The van der Waals surface area contributed by atoms with Gasteiger partial charge in [0.15, 0.2) is 0 Å². The van der Waals surface area contributed by atoms with Crippen molar-refractivity contribution in [1.29, 1.82) is 0 Å². The molecule has 0 saturated heterocycles. The maximum Gasteiger partial charge on any atom is 0.573 e. The maximum atomic E-state index is 13.6. The summed E-state index contributed by atoms with van der Waals surface area (Å²) in [4.78, 5) is 4.17. The second-order valence-electron chi connectivity index (χ2n) is 18.6. The van der Waals surface area contributed by atoms with Gasteiger partial charge in [0.1, 0.15) is 11.5 Å². The second kappa shape index (κ2) is 15.9. The van der Waals surface area contributed by atoms with Gasteiger partial charge in [-0.15, -0.1) is 26.3 Å². The molecule has 0 atom stereocenters. The maximum absolute atomic E-state index is 13.6. The van der Waals surface area contributed by atoms with Crippen LogP contribution < -0.4 is 19.3 Å². The summed E-state index contributed by atoms with van der Waals surface area (Å²) >= 11 is 0. The molecule has 1 spiro atoms. The Kier molecular flexibility index (Phi) is 9.35. The number of benzene rings is 10. The van der Waals surface area contributed by atoms with Gasteiger partial charge < -0.3 is 23.7 Å². The van der Waals surface area contributed by atoms with Crippen molar-refractivity contribution in [3.8, 4) is 33.8 Å². The molecule has 74 heavy (non-hydrogen) atoms. The highest BCUT2D eigenvalue weighted by molar-refractivity contribution is 6.29. The van der Waals surface area contributed by atoms with Gasteiger partial charge >= 0.3 is 12.7 Å². The fourth-order valence-electron chi connectivity index (χ4n) is 12.1. The first-order valence-corrected chi connectivity index (χ1v) is 24.0. The zero-order valence-corrected chi connectivity index (χ0v) is 38.8. The van der Waals surface area contributed by atoms with Gasteiger partial charge in [-0.1, -0.05) is 127 Å². The van der Waals surface area contributed by atoms with E-state index in [2.05, 4.69) is 134 Å². The monoisotopic (exact) mass is 981 g/mol. The van der Waals surface area contributed by atoms with Crippen LogP contribution in [0.3, 0.4) is 0 Å². The van der Waals surface area contributed by atoms with Crippen molar-refractivity contribution in [2.45, 2.75) is 18.1 Å². The number of hydrogen-bond donors (Lipinski definition) is 0. The lowest BCUT2D eigenvalue weighted by Crippen LogP contribution is -2.26. The highest BCUT2D eigenvalue weighted by Crippen LogP contribution is 2.66. The van der Waals surface area contributed by atoms with E-state index in [9.17, 15) is 26.3 Å². The predicted octanol–water partition coefficient (Wildman–Crippen LogP) is 17.9. The summed E-state index contributed by atoms with van der Waals surface area (Å²) < 4.78 is 92.3. The Bertz CT molecular complexity index is 4130. The van der Waals surface area contributed by atoms with E-state index in [0.29, 0.717) is 11.4 Å². The number of anilines is 6. The number of hydrogen-bond acceptors (Lipinski definition) is 4. The molecule has 2 aliphatic carbocycles. The normalized spacial score (nSPS) is 13.4. The van der Waals surface area contributed by atoms with Crippen molar-refractivity contribution in [2.75, 3.05) is 9.80 Å². The molecule has 0 amide bonds. The van der Waals surface area contributed by atoms with Crippen molar-refractivity contribution < 1.29 is 35.8 Å². The molecular formula is C63H37F6N3O2. The molecule has 2 aromatic heterocycles. The van der Waals surface area contributed by atoms with Crippen LogP contribution in [-0.2, 0) is 5.41 Å². The summed E-state index contributed by atoms with van der Waals surface area (Å²) in [6.07, 6.45) is -9.73. The largest absolute Gasteiger partial charge is 0.573 e. The van der Waals surface area contributed by atoms with E-state index in [1.807, 2.05) is 65.6 Å². The third-order valence-electron chi connectivity index (χ3n) is 14.7. The molecule has 10 aromatic carbocycles. The Balaban J connectivity index is 1.13. The van der Waals surface area contributed by atoms with Gasteiger partial charge in [0.2, 0.25) is 0 Å². The molecule has 0 aliphatic heterocycles. The Morgan fingerprint density at radius 1 is 0.365 bits per heavy atom. The molecule has 0 bridgehead atoms. The molecule has 0 unspecified atom stereocenters. The van der Waals surface area contributed by atoms with Gasteiger partial charge in [0, 0.05) is 55.5 Å². The Labute approximate surface area is 419 Å². The summed E-state index contributed by atoms with van der Waals surface area (Å²) in [6.45, 7) is 0. The first-order chi connectivity index (χ1) is 36.0. The van der Waals surface area contributed by atoms with Crippen LogP contribution in [-0.4, -0.2) is 17.1 Å². The topological polar surface area (TPSA) is 29.4 Å². The SMILES string of the molecule is FC(F)(F)Oc1ccc(N(c2ccccc2)c2ccc3c(c2)C2(c4ccccc4-c4ccccc42)c2cc(N(c4ccccc4)c4ccc(OC(F)(F)F)cc4)c4c5cccc6c7ccccc7n(c4c2-3)c65)cc1. The van der Waals surface area contributed by atoms with Gasteiger partial charge in [0.05, 0.1) is 27.7 Å². The van der Waals surface area contributed by atoms with E-state index in [4.69, 9.17) is 0 Å². The number of ether oxygens (including phenoxy) is 2. The van der Waals surface area contributed by atoms with E-state index in [1.54, 1.807) is 24.3 Å². The van der Waals surface area contributed by atoms with Crippen molar-refractivity contribution in [2.24, 2.45) is 0 Å². The molecule has 358 valence electrons. The zero-order chi connectivity index (χ0) is 50.1. The average molecular weight is 982 g/mol. The zero-order valence-electron chi connectivity index (χ0n) is 38.8. The quantitative estimate of drug-likeness (QED) is 0.142. The minimum Gasteiger partial charge on any atom is -0.406 e. The Morgan fingerprint density at radius 2 is 0.851 bits per heavy atom.